The number of rotatable bonds is 6. The van der Waals surface area contributed by atoms with E-state index in [9.17, 15) is 4.79 Å². The van der Waals surface area contributed by atoms with Crippen molar-refractivity contribution in [3.8, 4) is 0 Å². The van der Waals surface area contributed by atoms with Crippen molar-refractivity contribution in [3.63, 3.8) is 0 Å². The lowest BCUT2D eigenvalue weighted by molar-refractivity contribution is -0.228. The Morgan fingerprint density at radius 1 is 1.31 bits per heavy atom. The Morgan fingerprint density at radius 2 is 1.81 bits per heavy atom. The fraction of sp³-hybridized carbons (Fsp3) is 0.700. The molecule has 0 N–H and O–H groups in total. The number of hydrogen-bond donors (Lipinski definition) is 0. The van der Waals surface area contributed by atoms with E-state index in [4.69, 9.17) is 14.2 Å². The second-order valence-electron chi connectivity index (χ2n) is 3.22. The zero-order valence-electron chi connectivity index (χ0n) is 10.2. The third-order valence-electron chi connectivity index (χ3n) is 2.39. The number of ether oxygens (including phenoxy) is 3. The molecular weight excluding hydrogens is 228 g/mol. The maximum atomic E-state index is 11.2. The lowest BCUT2D eigenvalue weighted by Gasteiger charge is -2.33. The van der Waals surface area contributed by atoms with E-state index >= 15 is 0 Å². The standard InChI is InChI=1S/C10H17O5Si/c1-7(9(11)15-16)6-10(13-4,14-5)8(2)12-3/h6,8H,1-5H3/b7-6+. The van der Waals surface area contributed by atoms with Crippen LogP contribution in [0.15, 0.2) is 11.6 Å². The van der Waals surface area contributed by atoms with E-state index < -0.39 is 11.8 Å². The fourth-order valence-corrected chi connectivity index (χ4v) is 1.42. The molecule has 16 heavy (non-hydrogen) atoms. The molecule has 1 unspecified atom stereocenters. The molecule has 3 radical (unpaired) electrons. The van der Waals surface area contributed by atoms with Crippen LogP contribution in [0.1, 0.15) is 13.8 Å². The quantitative estimate of drug-likeness (QED) is 0.389. The second-order valence-corrected chi connectivity index (χ2v) is 3.43. The molecule has 0 aromatic carbocycles. The van der Waals surface area contributed by atoms with Crippen LogP contribution in [-0.2, 0) is 23.4 Å². The van der Waals surface area contributed by atoms with Crippen LogP contribution in [-0.4, -0.2) is 49.7 Å². The maximum Gasteiger partial charge on any atom is 0.345 e. The molecular formula is C10H17O5Si. The highest BCUT2D eigenvalue weighted by Crippen LogP contribution is 2.22. The summed E-state index contributed by atoms with van der Waals surface area (Å²) in [7, 11) is 7.14. The summed E-state index contributed by atoms with van der Waals surface area (Å²) in [4.78, 5) is 11.2. The molecule has 0 bridgehead atoms. The largest absolute Gasteiger partial charge is 0.513 e. The van der Waals surface area contributed by atoms with Gasteiger partial charge in [-0.15, -0.1) is 0 Å². The van der Waals surface area contributed by atoms with E-state index in [1.165, 1.54) is 27.4 Å². The van der Waals surface area contributed by atoms with Gasteiger partial charge < -0.3 is 18.6 Å². The Hall–Kier alpha value is -0.693. The van der Waals surface area contributed by atoms with Crippen LogP contribution in [0.5, 0.6) is 0 Å². The van der Waals surface area contributed by atoms with E-state index in [2.05, 4.69) is 14.9 Å². The first-order valence-electron chi connectivity index (χ1n) is 4.67. The molecule has 0 aromatic heterocycles. The minimum Gasteiger partial charge on any atom is -0.513 e. The first-order valence-corrected chi connectivity index (χ1v) is 5.08. The van der Waals surface area contributed by atoms with Crippen LogP contribution in [0.2, 0.25) is 0 Å². The van der Waals surface area contributed by atoms with Gasteiger partial charge in [-0.25, -0.2) is 4.79 Å². The first-order chi connectivity index (χ1) is 7.47. The van der Waals surface area contributed by atoms with Crippen molar-refractivity contribution < 1.29 is 23.4 Å². The molecule has 0 aliphatic rings. The molecule has 0 aliphatic heterocycles. The van der Waals surface area contributed by atoms with Crippen molar-refractivity contribution in [3.05, 3.63) is 11.6 Å². The Bertz CT molecular complexity index is 260. The molecule has 91 valence electrons. The minimum absolute atomic E-state index is 0.350. The molecule has 0 rings (SSSR count). The maximum absolute atomic E-state index is 11.2. The van der Waals surface area contributed by atoms with Gasteiger partial charge in [0.1, 0.15) is 6.10 Å². The summed E-state index contributed by atoms with van der Waals surface area (Å²) < 4.78 is 20.1. The van der Waals surface area contributed by atoms with Gasteiger partial charge in [-0.2, -0.15) is 0 Å². The van der Waals surface area contributed by atoms with Crippen LogP contribution in [0.4, 0.5) is 0 Å². The van der Waals surface area contributed by atoms with Gasteiger partial charge in [0.05, 0.1) is 0 Å². The lowest BCUT2D eigenvalue weighted by Crippen LogP contribution is -2.44. The van der Waals surface area contributed by atoms with Gasteiger partial charge in [-0.05, 0) is 19.9 Å². The van der Waals surface area contributed by atoms with Gasteiger partial charge in [0.2, 0.25) is 5.79 Å². The highest BCUT2D eigenvalue weighted by Gasteiger charge is 2.35. The summed E-state index contributed by atoms with van der Waals surface area (Å²) >= 11 is 0. The molecule has 0 spiro atoms. The summed E-state index contributed by atoms with van der Waals surface area (Å²) in [6, 6.07) is 0. The lowest BCUT2D eigenvalue weighted by atomic mass is 10.1. The average Bonchev–Trinajstić information content (AvgIpc) is 2.33. The zero-order valence-corrected chi connectivity index (χ0v) is 11.2. The highest BCUT2D eigenvalue weighted by atomic mass is 28.2. The van der Waals surface area contributed by atoms with Crippen LogP contribution in [0.3, 0.4) is 0 Å². The van der Waals surface area contributed by atoms with Crippen molar-refractivity contribution in [2.45, 2.75) is 25.7 Å². The van der Waals surface area contributed by atoms with Crippen LogP contribution >= 0.6 is 0 Å². The van der Waals surface area contributed by atoms with Gasteiger partial charge in [-0.3, -0.25) is 0 Å². The van der Waals surface area contributed by atoms with Gasteiger partial charge >= 0.3 is 16.5 Å². The molecule has 0 aromatic rings. The van der Waals surface area contributed by atoms with E-state index in [0.717, 1.165) is 0 Å². The fourth-order valence-electron chi connectivity index (χ4n) is 1.26. The Balaban J connectivity index is 5.13. The van der Waals surface area contributed by atoms with Gasteiger partial charge in [-0.1, -0.05) is 0 Å². The summed E-state index contributed by atoms with van der Waals surface area (Å²) in [5.74, 6) is -1.63. The Kier molecular flexibility index (Phi) is 6.50. The van der Waals surface area contributed by atoms with Gasteiger partial charge in [0, 0.05) is 26.9 Å². The number of methoxy groups -OCH3 is 3. The first kappa shape index (κ1) is 15.3. The van der Waals surface area contributed by atoms with Crippen molar-refractivity contribution in [2.24, 2.45) is 0 Å². The third kappa shape index (κ3) is 3.41. The molecule has 0 fully saturated rings. The predicted molar refractivity (Wildman–Crippen MR) is 58.8 cm³/mol. The molecule has 0 aliphatic carbocycles. The van der Waals surface area contributed by atoms with Crippen molar-refractivity contribution in [1.29, 1.82) is 0 Å². The van der Waals surface area contributed by atoms with Gasteiger partial charge in [0.15, 0.2) is 0 Å². The minimum atomic E-state index is -1.11. The average molecular weight is 245 g/mol. The molecule has 0 amide bonds. The Morgan fingerprint density at radius 3 is 2.12 bits per heavy atom. The highest BCUT2D eigenvalue weighted by molar-refractivity contribution is 6.09. The number of carbonyl (C=O) groups is 1. The molecule has 0 heterocycles. The molecule has 0 saturated carbocycles. The topological polar surface area (TPSA) is 54.0 Å². The molecule has 1 atom stereocenters. The molecule has 6 heteroatoms. The van der Waals surface area contributed by atoms with Crippen LogP contribution in [0, 0.1) is 0 Å². The summed E-state index contributed by atoms with van der Waals surface area (Å²) in [6.45, 7) is 3.37. The zero-order chi connectivity index (χ0) is 12.8. The SMILES string of the molecule is COC(C)C(/C=C(\C)C(=O)O[Si])(OC)OC. The smallest absolute Gasteiger partial charge is 0.345 e. The van der Waals surface area contributed by atoms with Crippen LogP contribution in [0.25, 0.3) is 0 Å². The third-order valence-corrected chi connectivity index (χ3v) is 2.58. The summed E-state index contributed by atoms with van der Waals surface area (Å²) in [5.41, 5.74) is 0.350. The summed E-state index contributed by atoms with van der Waals surface area (Å²) in [5, 5.41) is 0. The summed E-state index contributed by atoms with van der Waals surface area (Å²) in [6.07, 6.45) is 1.14. The van der Waals surface area contributed by atoms with E-state index in [1.807, 2.05) is 0 Å². The number of hydrogen-bond acceptors (Lipinski definition) is 5. The van der Waals surface area contributed by atoms with Crippen molar-refractivity contribution in [2.75, 3.05) is 21.3 Å². The van der Waals surface area contributed by atoms with Gasteiger partial charge in [0.25, 0.3) is 0 Å². The van der Waals surface area contributed by atoms with E-state index in [1.54, 1.807) is 13.8 Å². The molecule has 0 saturated heterocycles. The predicted octanol–water partition coefficient (Wildman–Crippen LogP) is 0.583. The number of carbonyl (C=O) groups excluding carboxylic acids is 1. The van der Waals surface area contributed by atoms with Crippen LogP contribution < -0.4 is 0 Å². The monoisotopic (exact) mass is 245 g/mol. The second kappa shape index (κ2) is 6.80. The van der Waals surface area contributed by atoms with E-state index in [-0.39, 0.29) is 6.10 Å². The van der Waals surface area contributed by atoms with E-state index in [0.29, 0.717) is 5.57 Å². The van der Waals surface area contributed by atoms with Crippen molar-refractivity contribution in [1.82, 2.24) is 0 Å². The molecule has 5 nitrogen and oxygen atoms in total. The normalized spacial score (nSPS) is 14.8. The van der Waals surface area contributed by atoms with Crippen molar-refractivity contribution >= 4 is 16.5 Å². The Labute approximate surface area is 99.2 Å².